The van der Waals surface area contributed by atoms with Crippen molar-refractivity contribution >= 4 is 29.8 Å². The quantitative estimate of drug-likeness (QED) is 0.0752. The summed E-state index contributed by atoms with van der Waals surface area (Å²) < 4.78 is 5.10. The Morgan fingerprint density at radius 2 is 1.64 bits per heavy atom. The average Bonchev–Trinajstić information content (AvgIpc) is 3.51. The molecule has 0 radical (unpaired) electrons. The number of aromatic nitrogens is 4. The van der Waals surface area contributed by atoms with Gasteiger partial charge in [-0.25, -0.2) is 15.0 Å². The SMILES string of the molecule is C=CCC1(CCCNS)CCN(Cc2ccc(-n3c(-c4cccnc4N)nc4ccc(-c5ccccc5)nc43)cc2)CC1.CC.CC. The molecule has 5 aromatic rings. The summed E-state index contributed by atoms with van der Waals surface area (Å²) >= 11 is 4.16. The van der Waals surface area contributed by atoms with Crippen molar-refractivity contribution < 1.29 is 0 Å². The molecule has 1 aliphatic rings. The van der Waals surface area contributed by atoms with Gasteiger partial charge in [0.05, 0.1) is 11.3 Å². The van der Waals surface area contributed by atoms with Crippen LogP contribution in [0.2, 0.25) is 0 Å². The lowest BCUT2D eigenvalue weighted by molar-refractivity contribution is 0.0909. The molecule has 7 nitrogen and oxygen atoms in total. The van der Waals surface area contributed by atoms with Crippen LogP contribution in [-0.4, -0.2) is 44.1 Å². The Morgan fingerprint density at radius 1 is 0.915 bits per heavy atom. The summed E-state index contributed by atoms with van der Waals surface area (Å²) in [4.78, 5) is 17.0. The van der Waals surface area contributed by atoms with E-state index in [4.69, 9.17) is 15.7 Å². The number of nitrogens with one attached hydrogen (secondary N) is 1. The number of thiol groups is 1. The van der Waals surface area contributed by atoms with Crippen LogP contribution in [0.15, 0.2) is 97.7 Å². The van der Waals surface area contributed by atoms with Crippen LogP contribution in [0.3, 0.4) is 0 Å². The monoisotopic (exact) mass is 649 g/mol. The van der Waals surface area contributed by atoms with E-state index in [9.17, 15) is 0 Å². The molecule has 0 saturated carbocycles. The van der Waals surface area contributed by atoms with Crippen molar-refractivity contribution in [3.63, 3.8) is 0 Å². The fourth-order valence-corrected chi connectivity index (χ4v) is 6.52. The number of pyridine rings is 2. The molecule has 0 spiro atoms. The molecule has 0 bridgehead atoms. The summed E-state index contributed by atoms with van der Waals surface area (Å²) in [5.41, 5.74) is 13.3. The summed E-state index contributed by atoms with van der Waals surface area (Å²) in [6.45, 7) is 16.1. The second-order valence-electron chi connectivity index (χ2n) is 11.6. The number of hydrogen-bond donors (Lipinski definition) is 3. The Morgan fingerprint density at radius 3 is 2.30 bits per heavy atom. The van der Waals surface area contributed by atoms with E-state index in [0.29, 0.717) is 11.2 Å². The predicted octanol–water partition coefficient (Wildman–Crippen LogP) is 9.16. The highest BCUT2D eigenvalue weighted by Gasteiger charge is 2.33. The van der Waals surface area contributed by atoms with Gasteiger partial charge in [-0.05, 0) is 92.6 Å². The topological polar surface area (TPSA) is 84.9 Å². The van der Waals surface area contributed by atoms with Gasteiger partial charge in [-0.2, -0.15) is 0 Å². The van der Waals surface area contributed by atoms with Gasteiger partial charge in [0, 0.05) is 30.5 Å². The van der Waals surface area contributed by atoms with E-state index >= 15 is 0 Å². The Hall–Kier alpha value is -3.98. The fourth-order valence-electron chi connectivity index (χ4n) is 6.36. The van der Waals surface area contributed by atoms with Crippen LogP contribution in [-0.2, 0) is 6.54 Å². The molecule has 4 heterocycles. The van der Waals surface area contributed by atoms with Crippen LogP contribution < -0.4 is 10.5 Å². The highest BCUT2D eigenvalue weighted by Crippen LogP contribution is 2.40. The number of benzene rings is 2. The van der Waals surface area contributed by atoms with E-state index in [1.54, 1.807) is 6.20 Å². The minimum Gasteiger partial charge on any atom is -0.383 e. The largest absolute Gasteiger partial charge is 0.383 e. The molecule has 8 heteroatoms. The molecule has 1 saturated heterocycles. The third kappa shape index (κ3) is 8.69. The van der Waals surface area contributed by atoms with Gasteiger partial charge in [0.1, 0.15) is 11.3 Å². The number of piperidine rings is 1. The van der Waals surface area contributed by atoms with Crippen LogP contribution in [0, 0.1) is 5.41 Å². The van der Waals surface area contributed by atoms with E-state index in [1.807, 2.05) is 70.2 Å². The van der Waals surface area contributed by atoms with Gasteiger partial charge in [-0.3, -0.25) is 14.2 Å². The number of hydrogen-bond acceptors (Lipinski definition) is 7. The van der Waals surface area contributed by atoms with E-state index in [-0.39, 0.29) is 0 Å². The lowest BCUT2D eigenvalue weighted by atomic mass is 9.72. The lowest BCUT2D eigenvalue weighted by Gasteiger charge is -2.42. The molecular weight excluding hydrogens is 599 g/mol. The summed E-state index contributed by atoms with van der Waals surface area (Å²) in [6, 6.07) is 26.9. The van der Waals surface area contributed by atoms with Crippen LogP contribution in [0.4, 0.5) is 5.82 Å². The Labute approximate surface area is 286 Å². The number of imidazole rings is 1. The summed E-state index contributed by atoms with van der Waals surface area (Å²) in [6.07, 6.45) is 9.67. The Kier molecular flexibility index (Phi) is 13.6. The van der Waals surface area contributed by atoms with Crippen LogP contribution >= 0.6 is 12.8 Å². The van der Waals surface area contributed by atoms with Crippen molar-refractivity contribution in [3.8, 4) is 28.3 Å². The van der Waals surface area contributed by atoms with Gasteiger partial charge >= 0.3 is 0 Å². The molecule has 0 unspecified atom stereocenters. The maximum atomic E-state index is 6.34. The van der Waals surface area contributed by atoms with E-state index in [2.05, 4.69) is 81.0 Å². The van der Waals surface area contributed by atoms with Crippen LogP contribution in [0.1, 0.15) is 65.4 Å². The smallest absolute Gasteiger partial charge is 0.165 e. The standard InChI is InChI=1S/C35H39N7S.2C2H6/c1-2-17-35(18-7-22-38-43)19-23-41(24-20-35)25-26-11-13-28(14-12-26)42-33(29-10-6-21-37-32(29)36)40-31-16-15-30(39-34(31)42)27-8-4-3-5-9-27;2*1-2/h2-6,8-16,21,38,43H,1,7,17-20,22-25H2,(H2,36,37);2*1-2H3. The lowest BCUT2D eigenvalue weighted by Crippen LogP contribution is -2.39. The first-order chi connectivity index (χ1) is 23.1. The second-order valence-corrected chi connectivity index (χ2v) is 11.9. The maximum absolute atomic E-state index is 6.34. The Bertz CT molecular complexity index is 1670. The normalized spacial score (nSPS) is 14.1. The maximum Gasteiger partial charge on any atom is 0.165 e. The number of nitrogens with two attached hydrogens (primary N) is 1. The average molecular weight is 650 g/mol. The van der Waals surface area contributed by atoms with Crippen molar-refractivity contribution in [2.24, 2.45) is 5.41 Å². The number of rotatable bonds is 11. The molecule has 0 atom stereocenters. The van der Waals surface area contributed by atoms with Crippen molar-refractivity contribution in [2.75, 3.05) is 25.4 Å². The number of fused-ring (bicyclic) bond motifs is 1. The second kappa shape index (κ2) is 17.8. The number of nitrogen functional groups attached to an aromatic ring is 1. The summed E-state index contributed by atoms with van der Waals surface area (Å²) in [5, 5.41) is 0. The minimum atomic E-state index is 0.366. The Balaban J connectivity index is 0.00000120. The number of anilines is 1. The van der Waals surface area contributed by atoms with Gasteiger partial charge in [-0.1, -0.05) is 89.1 Å². The van der Waals surface area contributed by atoms with Crippen LogP contribution in [0.25, 0.3) is 39.5 Å². The van der Waals surface area contributed by atoms with Crippen molar-refractivity contribution in [1.29, 1.82) is 0 Å². The van der Waals surface area contributed by atoms with Crippen molar-refractivity contribution in [3.05, 3.63) is 103 Å². The van der Waals surface area contributed by atoms with E-state index in [0.717, 1.165) is 78.5 Å². The first-order valence-electron chi connectivity index (χ1n) is 17.0. The predicted molar refractivity (Wildman–Crippen MR) is 203 cm³/mol. The molecule has 2 aromatic carbocycles. The van der Waals surface area contributed by atoms with E-state index < -0.39 is 0 Å². The highest BCUT2D eigenvalue weighted by molar-refractivity contribution is 7.78. The summed E-state index contributed by atoms with van der Waals surface area (Å²) in [5.74, 6) is 1.17. The number of nitrogens with zero attached hydrogens (tertiary/aromatic N) is 5. The van der Waals surface area contributed by atoms with E-state index in [1.165, 1.54) is 24.8 Å². The van der Waals surface area contributed by atoms with Gasteiger partial charge < -0.3 is 5.73 Å². The number of allylic oxidation sites excluding steroid dienone is 1. The zero-order valence-corrected chi connectivity index (χ0v) is 29.4. The highest BCUT2D eigenvalue weighted by atomic mass is 32.1. The van der Waals surface area contributed by atoms with Gasteiger partial charge in [0.2, 0.25) is 0 Å². The zero-order chi connectivity index (χ0) is 33.6. The minimum absolute atomic E-state index is 0.366. The van der Waals surface area contributed by atoms with Gasteiger partial charge in [0.15, 0.2) is 11.5 Å². The molecule has 248 valence electrons. The molecular formula is C39H51N7S. The third-order valence-corrected chi connectivity index (χ3v) is 8.97. The molecule has 47 heavy (non-hydrogen) atoms. The molecule has 0 amide bonds. The summed E-state index contributed by atoms with van der Waals surface area (Å²) in [7, 11) is 0. The molecule has 6 rings (SSSR count). The number of likely N-dealkylation sites (tertiary alicyclic amines) is 1. The first-order valence-corrected chi connectivity index (χ1v) is 17.5. The fraction of sp³-hybridized carbons (Fsp3) is 0.359. The van der Waals surface area contributed by atoms with Crippen molar-refractivity contribution in [1.82, 2.24) is 29.1 Å². The third-order valence-electron chi connectivity index (χ3n) is 8.74. The first kappa shape index (κ1) is 35.9. The molecule has 0 aliphatic carbocycles. The zero-order valence-electron chi connectivity index (χ0n) is 28.5. The molecule has 1 aliphatic heterocycles. The van der Waals surface area contributed by atoms with Gasteiger partial charge in [0.25, 0.3) is 0 Å². The molecule has 3 aromatic heterocycles. The van der Waals surface area contributed by atoms with Crippen molar-refractivity contribution in [2.45, 2.75) is 66.3 Å². The molecule has 1 fully saturated rings. The molecule has 3 N–H and O–H groups in total. The van der Waals surface area contributed by atoms with Gasteiger partial charge in [-0.15, -0.1) is 6.58 Å². The van der Waals surface area contributed by atoms with Crippen LogP contribution in [0.5, 0.6) is 0 Å².